The van der Waals surface area contributed by atoms with Crippen molar-refractivity contribution in [1.29, 1.82) is 0 Å². The molecule has 1 rings (SSSR count). The number of rotatable bonds is 6. The van der Waals surface area contributed by atoms with E-state index in [4.69, 9.17) is 0 Å². The van der Waals surface area contributed by atoms with Gasteiger partial charge in [-0.25, -0.2) is 4.79 Å². The number of hydrogen-bond donors (Lipinski definition) is 2. The Kier molecular flexibility index (Phi) is 6.17. The van der Waals surface area contributed by atoms with Crippen LogP contribution in [-0.4, -0.2) is 38.0 Å². The van der Waals surface area contributed by atoms with E-state index in [1.807, 2.05) is 0 Å². The number of thiophene rings is 1. The first-order chi connectivity index (χ1) is 9.45. The van der Waals surface area contributed by atoms with Crippen LogP contribution in [0.5, 0.6) is 0 Å². The zero-order valence-corrected chi connectivity index (χ0v) is 12.5. The van der Waals surface area contributed by atoms with Crippen molar-refractivity contribution in [2.75, 3.05) is 20.2 Å². The van der Waals surface area contributed by atoms with E-state index >= 15 is 0 Å². The van der Waals surface area contributed by atoms with Crippen molar-refractivity contribution in [1.82, 2.24) is 10.6 Å². The zero-order chi connectivity index (χ0) is 15.1. The number of carbonyl (C=O) groups excluding carboxylic acids is 3. The van der Waals surface area contributed by atoms with Crippen molar-refractivity contribution < 1.29 is 19.1 Å². The van der Waals surface area contributed by atoms with Gasteiger partial charge in [0.15, 0.2) is 0 Å². The van der Waals surface area contributed by atoms with Gasteiger partial charge in [-0.3, -0.25) is 9.59 Å². The monoisotopic (exact) mass is 298 g/mol. The summed E-state index contributed by atoms with van der Waals surface area (Å²) in [4.78, 5) is 35.1. The van der Waals surface area contributed by atoms with Crippen LogP contribution in [0.15, 0.2) is 12.1 Å². The molecular formula is C13H18N2O4S. The van der Waals surface area contributed by atoms with Gasteiger partial charge in [0.1, 0.15) is 4.88 Å². The predicted molar refractivity (Wildman–Crippen MR) is 75.8 cm³/mol. The molecule has 0 aliphatic carbocycles. The Labute approximate surface area is 121 Å². The fraction of sp³-hybridized carbons (Fsp3) is 0.462. The molecule has 0 radical (unpaired) electrons. The SMILES string of the molecule is COC(=O)c1ccc(C(=O)NCCNC(=O)C(C)C)s1. The molecule has 1 heterocycles. The van der Waals surface area contributed by atoms with Crippen LogP contribution < -0.4 is 10.6 Å². The molecule has 110 valence electrons. The Balaban J connectivity index is 2.38. The highest BCUT2D eigenvalue weighted by Gasteiger charge is 2.13. The van der Waals surface area contributed by atoms with Gasteiger partial charge in [0.2, 0.25) is 5.91 Å². The van der Waals surface area contributed by atoms with Crippen LogP contribution in [0.1, 0.15) is 33.2 Å². The molecule has 1 aromatic rings. The summed E-state index contributed by atoms with van der Waals surface area (Å²) in [6.07, 6.45) is 0. The summed E-state index contributed by atoms with van der Waals surface area (Å²) in [5.41, 5.74) is 0. The van der Waals surface area contributed by atoms with Gasteiger partial charge >= 0.3 is 5.97 Å². The number of hydrogen-bond acceptors (Lipinski definition) is 5. The maximum absolute atomic E-state index is 11.8. The second kappa shape index (κ2) is 7.64. The molecule has 0 unspecified atom stereocenters. The van der Waals surface area contributed by atoms with E-state index < -0.39 is 5.97 Å². The average molecular weight is 298 g/mol. The van der Waals surface area contributed by atoms with Crippen molar-refractivity contribution in [3.63, 3.8) is 0 Å². The summed E-state index contributed by atoms with van der Waals surface area (Å²) < 4.78 is 4.57. The van der Waals surface area contributed by atoms with Crippen LogP contribution in [0.4, 0.5) is 0 Å². The summed E-state index contributed by atoms with van der Waals surface area (Å²) in [6.45, 7) is 4.31. The van der Waals surface area contributed by atoms with Crippen molar-refractivity contribution in [2.24, 2.45) is 5.92 Å². The van der Waals surface area contributed by atoms with E-state index in [1.54, 1.807) is 26.0 Å². The van der Waals surface area contributed by atoms with Gasteiger partial charge < -0.3 is 15.4 Å². The Morgan fingerprint density at radius 1 is 1.15 bits per heavy atom. The highest BCUT2D eigenvalue weighted by Crippen LogP contribution is 2.16. The molecule has 1 aromatic heterocycles. The Morgan fingerprint density at radius 2 is 1.75 bits per heavy atom. The molecule has 0 saturated carbocycles. The highest BCUT2D eigenvalue weighted by molar-refractivity contribution is 7.15. The lowest BCUT2D eigenvalue weighted by molar-refractivity contribution is -0.123. The normalized spacial score (nSPS) is 10.2. The molecule has 0 aliphatic heterocycles. The predicted octanol–water partition coefficient (Wildman–Crippen LogP) is 1.04. The Hall–Kier alpha value is -1.89. The van der Waals surface area contributed by atoms with E-state index in [0.717, 1.165) is 11.3 Å². The number of esters is 1. The fourth-order valence-corrected chi connectivity index (χ4v) is 2.16. The van der Waals surface area contributed by atoms with Crippen molar-refractivity contribution in [3.05, 3.63) is 21.9 Å². The summed E-state index contributed by atoms with van der Waals surface area (Å²) in [6, 6.07) is 3.12. The van der Waals surface area contributed by atoms with Crippen LogP contribution in [-0.2, 0) is 9.53 Å². The first-order valence-corrected chi connectivity index (χ1v) is 7.01. The van der Waals surface area contributed by atoms with Crippen molar-refractivity contribution >= 4 is 29.1 Å². The summed E-state index contributed by atoms with van der Waals surface area (Å²) in [5.74, 6) is -0.865. The average Bonchev–Trinajstić information content (AvgIpc) is 2.91. The molecular weight excluding hydrogens is 280 g/mol. The largest absolute Gasteiger partial charge is 0.465 e. The van der Waals surface area contributed by atoms with Gasteiger partial charge in [-0.2, -0.15) is 0 Å². The number of amides is 2. The first kappa shape index (κ1) is 16.2. The highest BCUT2D eigenvalue weighted by atomic mass is 32.1. The molecule has 2 amide bonds. The van der Waals surface area contributed by atoms with Gasteiger partial charge in [-0.15, -0.1) is 11.3 Å². The smallest absolute Gasteiger partial charge is 0.348 e. The van der Waals surface area contributed by atoms with Crippen molar-refractivity contribution in [3.8, 4) is 0 Å². The molecule has 20 heavy (non-hydrogen) atoms. The fourth-order valence-electron chi connectivity index (χ4n) is 1.32. The minimum absolute atomic E-state index is 0.0525. The quantitative estimate of drug-likeness (QED) is 0.607. The molecule has 0 aromatic carbocycles. The minimum atomic E-state index is -0.460. The van der Waals surface area contributed by atoms with Crippen LogP contribution >= 0.6 is 11.3 Å². The number of ether oxygens (including phenoxy) is 1. The maximum atomic E-state index is 11.8. The lowest BCUT2D eigenvalue weighted by Crippen LogP contribution is -2.36. The third-order valence-electron chi connectivity index (χ3n) is 2.45. The number of methoxy groups -OCH3 is 1. The molecule has 0 aliphatic rings. The van der Waals surface area contributed by atoms with Crippen LogP contribution in [0.2, 0.25) is 0 Å². The van der Waals surface area contributed by atoms with E-state index in [9.17, 15) is 14.4 Å². The Bertz CT molecular complexity index is 496. The number of carbonyl (C=O) groups is 3. The lowest BCUT2D eigenvalue weighted by atomic mass is 10.2. The first-order valence-electron chi connectivity index (χ1n) is 6.19. The summed E-state index contributed by atoms with van der Waals surface area (Å²) in [5, 5.41) is 5.37. The van der Waals surface area contributed by atoms with E-state index in [0.29, 0.717) is 22.8 Å². The van der Waals surface area contributed by atoms with Gasteiger partial charge in [-0.1, -0.05) is 13.8 Å². The molecule has 0 atom stereocenters. The van der Waals surface area contributed by atoms with Gasteiger partial charge in [0.05, 0.1) is 12.0 Å². The summed E-state index contributed by atoms with van der Waals surface area (Å²) >= 11 is 1.07. The molecule has 0 saturated heterocycles. The topological polar surface area (TPSA) is 84.5 Å². The van der Waals surface area contributed by atoms with Crippen molar-refractivity contribution in [2.45, 2.75) is 13.8 Å². The zero-order valence-electron chi connectivity index (χ0n) is 11.7. The van der Waals surface area contributed by atoms with Crippen LogP contribution in [0.25, 0.3) is 0 Å². The standard InChI is InChI=1S/C13H18N2O4S/c1-8(2)11(16)14-6-7-15-12(17)9-4-5-10(20-9)13(18)19-3/h4-5,8H,6-7H2,1-3H3,(H,14,16)(H,15,17). The van der Waals surface area contributed by atoms with E-state index in [1.165, 1.54) is 7.11 Å². The molecule has 0 fully saturated rings. The van der Waals surface area contributed by atoms with E-state index in [-0.39, 0.29) is 17.7 Å². The third-order valence-corrected chi connectivity index (χ3v) is 3.51. The summed E-state index contributed by atoms with van der Waals surface area (Å²) in [7, 11) is 1.29. The van der Waals surface area contributed by atoms with Gasteiger partial charge in [0.25, 0.3) is 5.91 Å². The molecule has 6 nitrogen and oxygen atoms in total. The molecule has 2 N–H and O–H groups in total. The van der Waals surface area contributed by atoms with E-state index in [2.05, 4.69) is 15.4 Å². The Morgan fingerprint density at radius 3 is 2.35 bits per heavy atom. The van der Waals surface area contributed by atoms with Crippen LogP contribution in [0, 0.1) is 5.92 Å². The molecule has 7 heteroatoms. The second-order valence-electron chi connectivity index (χ2n) is 4.36. The molecule has 0 spiro atoms. The maximum Gasteiger partial charge on any atom is 0.348 e. The lowest BCUT2D eigenvalue weighted by Gasteiger charge is -2.08. The van der Waals surface area contributed by atoms with Crippen LogP contribution in [0.3, 0.4) is 0 Å². The number of nitrogens with one attached hydrogen (secondary N) is 2. The van der Waals surface area contributed by atoms with Gasteiger partial charge in [0, 0.05) is 19.0 Å². The third kappa shape index (κ3) is 4.65. The minimum Gasteiger partial charge on any atom is -0.465 e. The second-order valence-corrected chi connectivity index (χ2v) is 5.44. The van der Waals surface area contributed by atoms with Gasteiger partial charge in [-0.05, 0) is 12.1 Å². The molecule has 0 bridgehead atoms.